The van der Waals surface area contributed by atoms with Crippen LogP contribution in [-0.4, -0.2) is 34.8 Å². The van der Waals surface area contributed by atoms with Gasteiger partial charge in [0.2, 0.25) is 5.91 Å². The highest BCUT2D eigenvalue weighted by molar-refractivity contribution is 6.08. The van der Waals surface area contributed by atoms with E-state index in [4.69, 9.17) is 4.84 Å². The smallest absolute Gasteiger partial charge is 0.323 e. The number of rotatable bonds is 10. The summed E-state index contributed by atoms with van der Waals surface area (Å²) in [6, 6.07) is 18.7. The van der Waals surface area contributed by atoms with E-state index in [1.54, 1.807) is 0 Å². The second kappa shape index (κ2) is 10.2. The molecule has 0 spiro atoms. The van der Waals surface area contributed by atoms with E-state index in [9.17, 15) is 14.4 Å². The van der Waals surface area contributed by atoms with Gasteiger partial charge in [-0.15, -0.1) is 0 Å². The first-order valence-electron chi connectivity index (χ1n) is 10.5. The number of benzene rings is 2. The molecular formula is C24H29N3O4. The molecule has 0 aliphatic carbocycles. The van der Waals surface area contributed by atoms with Gasteiger partial charge < -0.3 is 5.32 Å². The Morgan fingerprint density at radius 1 is 1.03 bits per heavy atom. The van der Waals surface area contributed by atoms with Gasteiger partial charge in [0.25, 0.3) is 5.91 Å². The molecule has 0 saturated carbocycles. The Bertz CT molecular complexity index is 902. The number of nitrogens with zero attached hydrogens (tertiary/aromatic N) is 1. The average Bonchev–Trinajstić information content (AvgIpc) is 2.96. The van der Waals surface area contributed by atoms with Crippen LogP contribution in [0.25, 0.3) is 0 Å². The van der Waals surface area contributed by atoms with E-state index < -0.39 is 17.5 Å². The van der Waals surface area contributed by atoms with Gasteiger partial charge in [0, 0.05) is 6.54 Å². The molecule has 7 nitrogen and oxygen atoms in total. The van der Waals surface area contributed by atoms with E-state index in [1.165, 1.54) is 4.90 Å². The molecule has 1 unspecified atom stereocenters. The van der Waals surface area contributed by atoms with Crippen LogP contribution in [0, 0.1) is 5.92 Å². The lowest BCUT2D eigenvalue weighted by molar-refractivity contribution is -0.141. The van der Waals surface area contributed by atoms with Crippen LogP contribution in [0.3, 0.4) is 0 Å². The largest absolute Gasteiger partial charge is 0.325 e. The third kappa shape index (κ3) is 5.92. The number of hydrogen-bond donors (Lipinski definition) is 2. The molecule has 1 aliphatic rings. The summed E-state index contributed by atoms with van der Waals surface area (Å²) < 4.78 is 0. The minimum absolute atomic E-state index is 0.108. The number of carbonyl (C=O) groups is 3. The molecule has 1 fully saturated rings. The summed E-state index contributed by atoms with van der Waals surface area (Å²) >= 11 is 0. The molecule has 2 aromatic carbocycles. The Hall–Kier alpha value is -3.19. The minimum atomic E-state index is -1.26. The summed E-state index contributed by atoms with van der Waals surface area (Å²) in [5.41, 5.74) is 3.09. The van der Waals surface area contributed by atoms with Crippen LogP contribution in [0.1, 0.15) is 37.8 Å². The van der Waals surface area contributed by atoms with Crippen LogP contribution in [0.4, 0.5) is 4.79 Å². The van der Waals surface area contributed by atoms with Gasteiger partial charge in [0.05, 0.1) is 13.0 Å². The molecule has 0 bridgehead atoms. The van der Waals surface area contributed by atoms with Crippen molar-refractivity contribution in [3.8, 4) is 0 Å². The fourth-order valence-corrected chi connectivity index (χ4v) is 3.88. The third-order valence-corrected chi connectivity index (χ3v) is 5.20. The van der Waals surface area contributed by atoms with E-state index in [-0.39, 0.29) is 31.4 Å². The molecule has 1 saturated heterocycles. The molecule has 3 rings (SSSR count). The highest BCUT2D eigenvalue weighted by Crippen LogP contribution is 2.29. The first kappa shape index (κ1) is 22.5. The SMILES string of the molecule is CC(C)CC1(CC(=O)NOCc2ccccc2)NC(=O)N(CCc2ccccc2)C1=O. The predicted octanol–water partition coefficient (Wildman–Crippen LogP) is 3.20. The molecule has 1 heterocycles. The fraction of sp³-hybridized carbons (Fsp3) is 0.375. The highest BCUT2D eigenvalue weighted by atomic mass is 16.6. The summed E-state index contributed by atoms with van der Waals surface area (Å²) in [6.07, 6.45) is 0.752. The maximum absolute atomic E-state index is 13.2. The standard InChI is InChI=1S/C24H29N3O4/c1-18(2)15-24(16-21(28)26-31-17-20-11-7-4-8-12-20)22(29)27(23(30)25-24)14-13-19-9-5-3-6-10-19/h3-12,18H,13-17H2,1-2H3,(H,25,30)(H,26,28). The van der Waals surface area contributed by atoms with Crippen molar-refractivity contribution >= 4 is 17.8 Å². The third-order valence-electron chi connectivity index (χ3n) is 5.20. The van der Waals surface area contributed by atoms with Gasteiger partial charge in [-0.25, -0.2) is 10.3 Å². The highest BCUT2D eigenvalue weighted by Gasteiger charge is 2.52. The van der Waals surface area contributed by atoms with Gasteiger partial charge in [-0.3, -0.25) is 19.3 Å². The first-order chi connectivity index (χ1) is 14.9. The van der Waals surface area contributed by atoms with Crippen LogP contribution in [0.2, 0.25) is 0 Å². The van der Waals surface area contributed by atoms with Crippen LogP contribution in [0.5, 0.6) is 0 Å². The Labute approximate surface area is 182 Å². The van der Waals surface area contributed by atoms with Crippen molar-refractivity contribution in [3.63, 3.8) is 0 Å². The van der Waals surface area contributed by atoms with Crippen molar-refractivity contribution in [1.82, 2.24) is 15.7 Å². The number of hydrogen-bond acceptors (Lipinski definition) is 4. The monoisotopic (exact) mass is 423 g/mol. The van der Waals surface area contributed by atoms with Crippen LogP contribution in [-0.2, 0) is 27.5 Å². The van der Waals surface area contributed by atoms with Gasteiger partial charge in [0.1, 0.15) is 5.54 Å². The average molecular weight is 424 g/mol. The summed E-state index contributed by atoms with van der Waals surface area (Å²) in [7, 11) is 0. The van der Waals surface area contributed by atoms with E-state index in [0.717, 1.165) is 11.1 Å². The van der Waals surface area contributed by atoms with Gasteiger partial charge in [-0.2, -0.15) is 0 Å². The van der Waals surface area contributed by atoms with Crippen molar-refractivity contribution in [2.75, 3.05) is 6.54 Å². The quantitative estimate of drug-likeness (QED) is 0.454. The van der Waals surface area contributed by atoms with E-state index in [2.05, 4.69) is 10.8 Å². The zero-order chi connectivity index (χ0) is 22.3. The lowest BCUT2D eigenvalue weighted by atomic mass is 9.85. The molecule has 4 amide bonds. The topological polar surface area (TPSA) is 87.7 Å². The van der Waals surface area contributed by atoms with E-state index in [1.807, 2.05) is 74.5 Å². The summed E-state index contributed by atoms with van der Waals surface area (Å²) in [6.45, 7) is 4.39. The van der Waals surface area contributed by atoms with Crippen molar-refractivity contribution < 1.29 is 19.2 Å². The van der Waals surface area contributed by atoms with Gasteiger partial charge in [-0.1, -0.05) is 74.5 Å². The maximum atomic E-state index is 13.2. The van der Waals surface area contributed by atoms with Crippen molar-refractivity contribution in [2.24, 2.45) is 5.92 Å². The summed E-state index contributed by atoms with van der Waals surface area (Å²) in [5.74, 6) is -0.702. The Kier molecular flexibility index (Phi) is 7.41. The van der Waals surface area contributed by atoms with Gasteiger partial charge in [0.15, 0.2) is 0 Å². The van der Waals surface area contributed by atoms with Crippen LogP contribution in [0.15, 0.2) is 60.7 Å². The molecule has 0 aromatic heterocycles. The number of carbonyl (C=O) groups excluding carboxylic acids is 3. The molecule has 0 radical (unpaired) electrons. The number of nitrogens with one attached hydrogen (secondary N) is 2. The van der Waals surface area contributed by atoms with Crippen LogP contribution >= 0.6 is 0 Å². The molecule has 1 atom stereocenters. The molecular weight excluding hydrogens is 394 g/mol. The van der Waals surface area contributed by atoms with E-state index >= 15 is 0 Å². The second-order valence-electron chi connectivity index (χ2n) is 8.28. The van der Waals surface area contributed by atoms with Crippen molar-refractivity contribution in [3.05, 3.63) is 71.8 Å². The molecule has 164 valence electrons. The van der Waals surface area contributed by atoms with Crippen molar-refractivity contribution in [2.45, 2.75) is 45.3 Å². The zero-order valence-corrected chi connectivity index (χ0v) is 18.0. The maximum Gasteiger partial charge on any atom is 0.325 e. The summed E-state index contributed by atoms with van der Waals surface area (Å²) in [5, 5.41) is 2.79. The number of imide groups is 1. The Morgan fingerprint density at radius 3 is 2.26 bits per heavy atom. The number of amides is 4. The minimum Gasteiger partial charge on any atom is -0.323 e. The molecule has 2 aromatic rings. The second-order valence-corrected chi connectivity index (χ2v) is 8.28. The van der Waals surface area contributed by atoms with E-state index in [0.29, 0.717) is 12.8 Å². The Morgan fingerprint density at radius 2 is 1.65 bits per heavy atom. The predicted molar refractivity (Wildman–Crippen MR) is 117 cm³/mol. The first-order valence-corrected chi connectivity index (χ1v) is 10.5. The molecule has 31 heavy (non-hydrogen) atoms. The van der Waals surface area contributed by atoms with Gasteiger partial charge >= 0.3 is 6.03 Å². The van der Waals surface area contributed by atoms with Gasteiger partial charge in [-0.05, 0) is 29.9 Å². The molecule has 1 aliphatic heterocycles. The lowest BCUT2D eigenvalue weighted by Crippen LogP contribution is -2.51. The molecule has 2 N–H and O–H groups in total. The number of hydroxylamine groups is 1. The molecule has 7 heteroatoms. The van der Waals surface area contributed by atoms with Crippen molar-refractivity contribution in [1.29, 1.82) is 0 Å². The zero-order valence-electron chi connectivity index (χ0n) is 18.0. The van der Waals surface area contributed by atoms with Crippen LogP contribution < -0.4 is 10.8 Å². The normalized spacial score (nSPS) is 18.4. The summed E-state index contributed by atoms with van der Waals surface area (Å²) in [4.78, 5) is 44.9. The lowest BCUT2D eigenvalue weighted by Gasteiger charge is -2.28. The number of urea groups is 1. The Balaban J connectivity index is 1.62. The fourth-order valence-electron chi connectivity index (χ4n) is 3.88.